The first-order valence-corrected chi connectivity index (χ1v) is 11.8. The van der Waals surface area contributed by atoms with Crippen LogP contribution in [0.5, 0.6) is 11.6 Å². The molecule has 1 saturated heterocycles. The second-order valence-corrected chi connectivity index (χ2v) is 8.78. The maximum atomic E-state index is 12.5. The molecular formula is C24H28N4O3S. The number of ether oxygens (including phenoxy) is 2. The summed E-state index contributed by atoms with van der Waals surface area (Å²) >= 11 is 1.69. The van der Waals surface area contributed by atoms with Gasteiger partial charge in [0.05, 0.1) is 17.3 Å². The molecule has 32 heavy (non-hydrogen) atoms. The molecule has 0 unspecified atom stereocenters. The number of carbonyl (C=O) groups excluding carboxylic acids is 1. The minimum atomic E-state index is -0.286. The molecule has 7 nitrogen and oxygen atoms in total. The van der Waals surface area contributed by atoms with Crippen molar-refractivity contribution in [2.75, 3.05) is 39.3 Å². The highest BCUT2D eigenvalue weighted by atomic mass is 32.1. The monoisotopic (exact) mass is 452 g/mol. The summed E-state index contributed by atoms with van der Waals surface area (Å²) in [5.41, 5.74) is 2.27. The van der Waals surface area contributed by atoms with Gasteiger partial charge in [-0.15, -0.1) is 11.3 Å². The van der Waals surface area contributed by atoms with Crippen LogP contribution in [-0.2, 0) is 12.8 Å². The van der Waals surface area contributed by atoms with Gasteiger partial charge in [0.1, 0.15) is 5.75 Å². The van der Waals surface area contributed by atoms with Gasteiger partial charge in [-0.05, 0) is 30.7 Å². The van der Waals surface area contributed by atoms with E-state index >= 15 is 0 Å². The van der Waals surface area contributed by atoms with Crippen LogP contribution in [0.25, 0.3) is 0 Å². The van der Waals surface area contributed by atoms with Crippen LogP contribution in [0.1, 0.15) is 16.3 Å². The van der Waals surface area contributed by atoms with Gasteiger partial charge in [0.2, 0.25) is 5.88 Å². The zero-order chi connectivity index (χ0) is 22.2. The average Bonchev–Trinajstić information content (AvgIpc) is 3.25. The molecule has 1 aliphatic rings. The summed E-state index contributed by atoms with van der Waals surface area (Å²) in [6.45, 7) is 6.61. The number of benzene rings is 1. The van der Waals surface area contributed by atoms with Crippen molar-refractivity contribution in [3.63, 3.8) is 0 Å². The lowest BCUT2D eigenvalue weighted by molar-refractivity contribution is 0.111. The van der Waals surface area contributed by atoms with Crippen molar-refractivity contribution in [2.24, 2.45) is 0 Å². The third-order valence-electron chi connectivity index (χ3n) is 5.39. The summed E-state index contributed by atoms with van der Waals surface area (Å²) in [4.78, 5) is 25.3. The van der Waals surface area contributed by atoms with Gasteiger partial charge in [-0.25, -0.2) is 14.8 Å². The molecule has 168 valence electrons. The highest BCUT2D eigenvalue weighted by molar-refractivity contribution is 7.09. The number of piperazine rings is 1. The Bertz CT molecular complexity index is 986. The van der Waals surface area contributed by atoms with E-state index in [1.54, 1.807) is 22.4 Å². The third kappa shape index (κ3) is 6.51. The fourth-order valence-corrected chi connectivity index (χ4v) is 4.19. The number of thiazole rings is 1. The minimum Gasteiger partial charge on any atom is -0.477 e. The van der Waals surface area contributed by atoms with E-state index in [-0.39, 0.29) is 6.09 Å². The SMILES string of the molecule is Cc1nc(CCN2CCN(C(=O)Oc3ccc(CCOc4ccccn4)cc3)CC2)cs1. The van der Waals surface area contributed by atoms with E-state index in [1.165, 1.54) is 0 Å². The summed E-state index contributed by atoms with van der Waals surface area (Å²) in [7, 11) is 0. The quantitative estimate of drug-likeness (QED) is 0.518. The number of hydrogen-bond acceptors (Lipinski definition) is 7. The standard InChI is InChI=1S/C24H28N4O3S/c1-19-26-21(18-32-19)9-12-27-13-15-28(16-14-27)24(29)31-22-7-5-20(6-8-22)10-17-30-23-4-2-3-11-25-23/h2-8,11,18H,9-10,12-17H2,1H3. The molecule has 0 N–H and O–H groups in total. The van der Waals surface area contributed by atoms with Gasteiger partial charge in [-0.1, -0.05) is 18.2 Å². The van der Waals surface area contributed by atoms with Gasteiger partial charge in [0, 0.05) is 63.2 Å². The summed E-state index contributed by atoms with van der Waals surface area (Å²) in [5.74, 6) is 1.18. The normalized spacial score (nSPS) is 14.3. The molecule has 0 bridgehead atoms. The fraction of sp³-hybridized carbons (Fsp3) is 0.375. The van der Waals surface area contributed by atoms with Crippen LogP contribution >= 0.6 is 11.3 Å². The van der Waals surface area contributed by atoms with Gasteiger partial charge >= 0.3 is 6.09 Å². The zero-order valence-electron chi connectivity index (χ0n) is 18.3. The summed E-state index contributed by atoms with van der Waals surface area (Å²) < 4.78 is 11.2. The Balaban J connectivity index is 1.16. The van der Waals surface area contributed by atoms with Crippen LogP contribution < -0.4 is 9.47 Å². The van der Waals surface area contributed by atoms with Gasteiger partial charge in [0.25, 0.3) is 0 Å². The van der Waals surface area contributed by atoms with E-state index in [0.717, 1.165) is 48.7 Å². The van der Waals surface area contributed by atoms with Crippen molar-refractivity contribution in [3.05, 3.63) is 70.3 Å². The highest BCUT2D eigenvalue weighted by Gasteiger charge is 2.22. The minimum absolute atomic E-state index is 0.286. The van der Waals surface area contributed by atoms with E-state index in [4.69, 9.17) is 9.47 Å². The second kappa shape index (κ2) is 11.1. The smallest absolute Gasteiger partial charge is 0.415 e. The van der Waals surface area contributed by atoms with Crippen LogP contribution in [0.15, 0.2) is 54.0 Å². The van der Waals surface area contributed by atoms with Crippen molar-refractivity contribution in [1.82, 2.24) is 19.8 Å². The molecule has 8 heteroatoms. The van der Waals surface area contributed by atoms with E-state index < -0.39 is 0 Å². The average molecular weight is 453 g/mol. The molecule has 3 aromatic rings. The van der Waals surface area contributed by atoms with Gasteiger partial charge in [-0.2, -0.15) is 0 Å². The molecule has 4 rings (SSSR count). The van der Waals surface area contributed by atoms with E-state index in [1.807, 2.05) is 49.4 Å². The van der Waals surface area contributed by atoms with Crippen molar-refractivity contribution in [3.8, 4) is 11.6 Å². The Hall–Kier alpha value is -2.97. The van der Waals surface area contributed by atoms with Crippen LogP contribution in [0.3, 0.4) is 0 Å². The van der Waals surface area contributed by atoms with Crippen molar-refractivity contribution in [1.29, 1.82) is 0 Å². The lowest BCUT2D eigenvalue weighted by Crippen LogP contribution is -2.49. The van der Waals surface area contributed by atoms with Crippen LogP contribution in [0, 0.1) is 6.92 Å². The number of nitrogens with zero attached hydrogens (tertiary/aromatic N) is 4. The molecule has 1 aliphatic heterocycles. The number of carbonyl (C=O) groups is 1. The Labute approximate surface area is 192 Å². The van der Waals surface area contributed by atoms with Crippen LogP contribution in [-0.4, -0.2) is 65.2 Å². The molecule has 0 radical (unpaired) electrons. The molecule has 0 spiro atoms. The van der Waals surface area contributed by atoms with Gasteiger partial charge < -0.3 is 14.4 Å². The van der Waals surface area contributed by atoms with Crippen molar-refractivity contribution in [2.45, 2.75) is 19.8 Å². The number of pyridine rings is 1. The fourth-order valence-electron chi connectivity index (χ4n) is 3.55. The van der Waals surface area contributed by atoms with Crippen LogP contribution in [0.2, 0.25) is 0 Å². The molecule has 0 saturated carbocycles. The van der Waals surface area contributed by atoms with Crippen LogP contribution in [0.4, 0.5) is 4.79 Å². The lowest BCUT2D eigenvalue weighted by Gasteiger charge is -2.33. The largest absolute Gasteiger partial charge is 0.477 e. The number of rotatable bonds is 8. The molecule has 0 aliphatic carbocycles. The Morgan fingerprint density at radius 3 is 2.56 bits per heavy atom. The second-order valence-electron chi connectivity index (χ2n) is 7.71. The first-order chi connectivity index (χ1) is 15.7. The summed E-state index contributed by atoms with van der Waals surface area (Å²) in [6.07, 6.45) is 3.13. The van der Waals surface area contributed by atoms with Crippen molar-refractivity contribution < 1.29 is 14.3 Å². The first-order valence-electron chi connectivity index (χ1n) is 10.9. The molecular weight excluding hydrogens is 424 g/mol. The molecule has 1 fully saturated rings. The molecule has 3 heterocycles. The highest BCUT2D eigenvalue weighted by Crippen LogP contribution is 2.16. The van der Waals surface area contributed by atoms with Gasteiger partial charge in [0.15, 0.2) is 0 Å². The van der Waals surface area contributed by atoms with Crippen molar-refractivity contribution >= 4 is 17.4 Å². The Morgan fingerprint density at radius 1 is 1.06 bits per heavy atom. The summed E-state index contributed by atoms with van der Waals surface area (Å²) in [5, 5.41) is 3.24. The van der Waals surface area contributed by atoms with E-state index in [2.05, 4.69) is 20.2 Å². The zero-order valence-corrected chi connectivity index (χ0v) is 19.1. The number of aromatic nitrogens is 2. The topological polar surface area (TPSA) is 67.8 Å². The Kier molecular flexibility index (Phi) is 7.68. The molecule has 1 aromatic carbocycles. The Morgan fingerprint density at radius 2 is 1.88 bits per heavy atom. The van der Waals surface area contributed by atoms with E-state index in [0.29, 0.717) is 31.3 Å². The number of amides is 1. The third-order valence-corrected chi connectivity index (χ3v) is 6.21. The predicted octanol–water partition coefficient (Wildman–Crippen LogP) is 3.83. The first kappa shape index (κ1) is 22.2. The predicted molar refractivity (Wildman–Crippen MR) is 124 cm³/mol. The maximum Gasteiger partial charge on any atom is 0.415 e. The maximum absolute atomic E-state index is 12.5. The molecule has 2 aromatic heterocycles. The number of aryl methyl sites for hydroxylation is 1. The van der Waals surface area contributed by atoms with Gasteiger partial charge in [-0.3, -0.25) is 4.90 Å². The molecule has 0 atom stereocenters. The summed E-state index contributed by atoms with van der Waals surface area (Å²) in [6, 6.07) is 13.2. The van der Waals surface area contributed by atoms with E-state index in [9.17, 15) is 4.79 Å². The molecule has 1 amide bonds. The lowest BCUT2D eigenvalue weighted by atomic mass is 10.1. The number of hydrogen-bond donors (Lipinski definition) is 0.